The predicted octanol–water partition coefficient (Wildman–Crippen LogP) is 4.27. The molecule has 0 aliphatic carbocycles. The van der Waals surface area contributed by atoms with Crippen molar-refractivity contribution in [3.63, 3.8) is 0 Å². The molecule has 0 aromatic heterocycles. The van der Waals surface area contributed by atoms with E-state index < -0.39 is 12.1 Å². The van der Waals surface area contributed by atoms with Gasteiger partial charge in [0.05, 0.1) is 0 Å². The quantitative estimate of drug-likeness (QED) is 0.881. The van der Waals surface area contributed by atoms with Gasteiger partial charge in [0.15, 0.2) is 0 Å². The number of rotatable bonds is 2. The highest BCUT2D eigenvalue weighted by Crippen LogP contribution is 2.35. The average Bonchev–Trinajstić information content (AvgIpc) is 2.28. The maximum Gasteiger partial charge on any atom is 0.573 e. The first-order valence-electron chi connectivity index (χ1n) is 5.51. The summed E-state index contributed by atoms with van der Waals surface area (Å²) in [4.78, 5) is 0. The molecule has 0 aliphatic heterocycles. The number of alkyl halides is 3. The van der Waals surface area contributed by atoms with Gasteiger partial charge in [0.2, 0.25) is 0 Å². The maximum absolute atomic E-state index is 12.1. The van der Waals surface area contributed by atoms with Gasteiger partial charge in [0.25, 0.3) is 0 Å². The fourth-order valence-corrected chi connectivity index (χ4v) is 1.81. The van der Waals surface area contributed by atoms with Gasteiger partial charge in [-0.3, -0.25) is 0 Å². The minimum absolute atomic E-state index is 0.254. The Morgan fingerprint density at radius 2 is 1.68 bits per heavy atom. The highest BCUT2D eigenvalue weighted by Gasteiger charge is 2.31. The van der Waals surface area contributed by atoms with E-state index in [4.69, 9.17) is 0 Å². The molecule has 0 heterocycles. The lowest BCUT2D eigenvalue weighted by Gasteiger charge is -2.12. The van der Waals surface area contributed by atoms with Gasteiger partial charge < -0.3 is 9.84 Å². The Morgan fingerprint density at radius 1 is 1.00 bits per heavy atom. The first-order valence-corrected chi connectivity index (χ1v) is 5.51. The molecular weight excluding hydrogens is 257 g/mol. The molecule has 0 atom stereocenters. The van der Waals surface area contributed by atoms with Crippen LogP contribution in [0.25, 0.3) is 11.1 Å². The second-order valence-corrected chi connectivity index (χ2v) is 4.04. The third kappa shape index (κ3) is 3.19. The molecule has 2 nitrogen and oxygen atoms in total. The van der Waals surface area contributed by atoms with E-state index in [2.05, 4.69) is 4.74 Å². The first kappa shape index (κ1) is 13.3. The van der Waals surface area contributed by atoms with E-state index in [0.717, 1.165) is 17.2 Å². The zero-order valence-electron chi connectivity index (χ0n) is 10.0. The van der Waals surface area contributed by atoms with E-state index in [0.29, 0.717) is 5.56 Å². The standard InChI is InChI=1S/C14H11F3O2/c1-9-4-2-3-5-11(9)12-7-6-10(8-13(12)18)19-14(15,16)17/h2-8,18H,1H3. The van der Waals surface area contributed by atoms with E-state index in [1.165, 1.54) is 12.1 Å². The van der Waals surface area contributed by atoms with Crippen molar-refractivity contribution in [3.05, 3.63) is 48.0 Å². The summed E-state index contributed by atoms with van der Waals surface area (Å²) in [6, 6.07) is 10.8. The molecule has 0 amide bonds. The SMILES string of the molecule is Cc1ccccc1-c1ccc(OC(F)(F)F)cc1O. The van der Waals surface area contributed by atoms with Gasteiger partial charge in [-0.15, -0.1) is 13.2 Å². The molecule has 0 aliphatic rings. The van der Waals surface area contributed by atoms with Crippen LogP contribution in [0.3, 0.4) is 0 Å². The normalized spacial score (nSPS) is 11.4. The molecule has 100 valence electrons. The van der Waals surface area contributed by atoms with Gasteiger partial charge in [-0.1, -0.05) is 24.3 Å². The van der Waals surface area contributed by atoms with Crippen LogP contribution < -0.4 is 4.74 Å². The Labute approximate surface area is 108 Å². The molecule has 2 aromatic rings. The number of aromatic hydroxyl groups is 1. The fraction of sp³-hybridized carbons (Fsp3) is 0.143. The molecule has 5 heteroatoms. The van der Waals surface area contributed by atoms with Crippen LogP contribution >= 0.6 is 0 Å². The number of ether oxygens (including phenoxy) is 1. The van der Waals surface area contributed by atoms with E-state index in [1.807, 2.05) is 19.1 Å². The molecule has 0 spiro atoms. The number of aryl methyl sites for hydroxylation is 1. The highest BCUT2D eigenvalue weighted by molar-refractivity contribution is 5.73. The Kier molecular flexibility index (Phi) is 3.38. The Balaban J connectivity index is 2.38. The third-order valence-electron chi connectivity index (χ3n) is 2.64. The van der Waals surface area contributed by atoms with Crippen LogP contribution in [0.5, 0.6) is 11.5 Å². The number of hydrogen-bond donors (Lipinski definition) is 1. The van der Waals surface area contributed by atoms with Gasteiger partial charge in [0, 0.05) is 11.6 Å². The van der Waals surface area contributed by atoms with Crippen molar-refractivity contribution in [2.24, 2.45) is 0 Å². The second-order valence-electron chi connectivity index (χ2n) is 4.04. The van der Waals surface area contributed by atoms with Crippen LogP contribution in [0, 0.1) is 6.92 Å². The monoisotopic (exact) mass is 268 g/mol. The van der Waals surface area contributed by atoms with Gasteiger partial charge >= 0.3 is 6.36 Å². The third-order valence-corrected chi connectivity index (χ3v) is 2.64. The van der Waals surface area contributed by atoms with Crippen LogP contribution in [0.4, 0.5) is 13.2 Å². The van der Waals surface area contributed by atoms with E-state index in [1.54, 1.807) is 12.1 Å². The lowest BCUT2D eigenvalue weighted by molar-refractivity contribution is -0.274. The molecule has 1 N–H and O–H groups in total. The number of phenols is 1. The van der Waals surface area contributed by atoms with Crippen LogP contribution in [-0.2, 0) is 0 Å². The fourth-order valence-electron chi connectivity index (χ4n) is 1.81. The molecule has 2 rings (SSSR count). The number of phenolic OH excluding ortho intramolecular Hbond substituents is 1. The molecule has 0 unspecified atom stereocenters. The van der Waals surface area contributed by atoms with Crippen molar-refractivity contribution in [1.29, 1.82) is 0 Å². The smallest absolute Gasteiger partial charge is 0.507 e. The molecule has 2 aromatic carbocycles. The summed E-state index contributed by atoms with van der Waals surface area (Å²) in [7, 11) is 0. The van der Waals surface area contributed by atoms with Gasteiger partial charge in [-0.25, -0.2) is 0 Å². The van der Waals surface area contributed by atoms with E-state index >= 15 is 0 Å². The molecule has 0 saturated carbocycles. The molecule has 0 radical (unpaired) electrons. The van der Waals surface area contributed by atoms with E-state index in [9.17, 15) is 18.3 Å². The molecule has 0 fully saturated rings. The van der Waals surface area contributed by atoms with Crippen molar-refractivity contribution < 1.29 is 23.0 Å². The molecule has 0 saturated heterocycles. The lowest BCUT2D eigenvalue weighted by atomic mass is 10.00. The van der Waals surface area contributed by atoms with Crippen LogP contribution in [0.2, 0.25) is 0 Å². The summed E-state index contributed by atoms with van der Waals surface area (Å²) in [5.74, 6) is -0.696. The first-order chi connectivity index (χ1) is 8.87. The van der Waals surface area contributed by atoms with Gasteiger partial charge in [-0.05, 0) is 30.2 Å². The highest BCUT2D eigenvalue weighted by atomic mass is 19.4. The van der Waals surface area contributed by atoms with Crippen LogP contribution in [0.1, 0.15) is 5.56 Å². The Hall–Kier alpha value is -2.17. The summed E-state index contributed by atoms with van der Waals surface area (Å²) in [6.07, 6.45) is -4.77. The van der Waals surface area contributed by atoms with Gasteiger partial charge in [0.1, 0.15) is 11.5 Å². The Bertz CT molecular complexity index is 591. The molecular formula is C14H11F3O2. The van der Waals surface area contributed by atoms with Crippen LogP contribution in [-0.4, -0.2) is 11.5 Å². The topological polar surface area (TPSA) is 29.5 Å². The zero-order valence-corrected chi connectivity index (χ0v) is 10.0. The lowest BCUT2D eigenvalue weighted by Crippen LogP contribution is -2.17. The average molecular weight is 268 g/mol. The summed E-state index contributed by atoms with van der Waals surface area (Å²) in [6.45, 7) is 1.86. The second kappa shape index (κ2) is 4.84. The van der Waals surface area contributed by atoms with Crippen molar-refractivity contribution in [2.45, 2.75) is 13.3 Å². The number of hydrogen-bond acceptors (Lipinski definition) is 2. The Morgan fingerprint density at radius 3 is 2.26 bits per heavy atom. The van der Waals surface area contributed by atoms with Crippen molar-refractivity contribution >= 4 is 0 Å². The molecule has 0 bridgehead atoms. The van der Waals surface area contributed by atoms with Crippen molar-refractivity contribution in [2.75, 3.05) is 0 Å². The molecule has 19 heavy (non-hydrogen) atoms. The van der Waals surface area contributed by atoms with Crippen molar-refractivity contribution in [3.8, 4) is 22.6 Å². The van der Waals surface area contributed by atoms with Gasteiger partial charge in [-0.2, -0.15) is 0 Å². The predicted molar refractivity (Wildman–Crippen MR) is 65.0 cm³/mol. The van der Waals surface area contributed by atoms with Crippen molar-refractivity contribution in [1.82, 2.24) is 0 Å². The van der Waals surface area contributed by atoms with Crippen LogP contribution in [0.15, 0.2) is 42.5 Å². The minimum Gasteiger partial charge on any atom is -0.507 e. The summed E-state index contributed by atoms with van der Waals surface area (Å²) in [5, 5.41) is 9.82. The maximum atomic E-state index is 12.1. The summed E-state index contributed by atoms with van der Waals surface area (Å²) >= 11 is 0. The summed E-state index contributed by atoms with van der Waals surface area (Å²) in [5.41, 5.74) is 2.15. The summed E-state index contributed by atoms with van der Waals surface area (Å²) < 4.78 is 39.9. The van der Waals surface area contributed by atoms with E-state index in [-0.39, 0.29) is 5.75 Å². The largest absolute Gasteiger partial charge is 0.573 e. The number of benzene rings is 2. The zero-order chi connectivity index (χ0) is 14.0. The minimum atomic E-state index is -4.77. The number of halogens is 3.